The molecule has 3 heterocycles. The summed E-state index contributed by atoms with van der Waals surface area (Å²) >= 11 is 0. The van der Waals surface area contributed by atoms with E-state index in [1.807, 2.05) is 0 Å². The second-order valence-corrected chi connectivity index (χ2v) is 15.8. The van der Waals surface area contributed by atoms with Crippen LogP contribution in [-0.4, -0.2) is 19.1 Å². The van der Waals surface area contributed by atoms with Gasteiger partial charge in [-0.05, 0) is 87.6 Å². The number of hydrogen-bond acceptors (Lipinski definition) is 2. The zero-order valence-corrected chi connectivity index (χ0v) is 32.4. The Labute approximate surface area is 344 Å². The SMILES string of the molecule is c1cc(-c2nc(-c3ccc4c(ccc5ccccc54)c3)c3ccccc3n2)cc(-n2c3ccccc3c3cc4c(-n5c6ccccc6c6ccccc65)cccc4cc32)c1. The monoisotopic (exact) mass is 762 g/mol. The van der Waals surface area contributed by atoms with Crippen molar-refractivity contribution >= 4 is 86.8 Å². The lowest BCUT2D eigenvalue weighted by Gasteiger charge is -2.14. The molecule has 13 rings (SSSR count). The van der Waals surface area contributed by atoms with Crippen molar-refractivity contribution in [2.45, 2.75) is 0 Å². The van der Waals surface area contributed by atoms with Crippen LogP contribution >= 0.6 is 0 Å². The Morgan fingerprint density at radius 3 is 1.70 bits per heavy atom. The largest absolute Gasteiger partial charge is 0.309 e. The second-order valence-electron chi connectivity index (χ2n) is 15.8. The van der Waals surface area contributed by atoms with E-state index in [0.29, 0.717) is 5.82 Å². The van der Waals surface area contributed by atoms with E-state index in [-0.39, 0.29) is 0 Å². The highest BCUT2D eigenvalue weighted by Gasteiger charge is 2.19. The molecule has 0 radical (unpaired) electrons. The van der Waals surface area contributed by atoms with Gasteiger partial charge in [0.05, 0.1) is 39.0 Å². The first-order valence-electron chi connectivity index (χ1n) is 20.5. The van der Waals surface area contributed by atoms with Gasteiger partial charge in [0, 0.05) is 49.1 Å². The molecule has 0 amide bonds. The van der Waals surface area contributed by atoms with Gasteiger partial charge in [-0.1, -0.05) is 146 Å². The van der Waals surface area contributed by atoms with Crippen LogP contribution in [0.5, 0.6) is 0 Å². The molecule has 0 bridgehead atoms. The predicted octanol–water partition coefficient (Wildman–Crippen LogP) is 14.6. The van der Waals surface area contributed by atoms with E-state index < -0.39 is 0 Å². The standard InChI is InChI=1S/C56H34N4/c1-2-17-41-35(13-1)27-28-37-31-38(29-30-42(37)41)55-46-21-3-7-22-49(46)57-56(58-55)39-15-11-16-40(32-39)59-50-23-8-6-20-45(50)48-34-47-36(33-54(48)59)14-12-26-53(47)60-51-24-9-4-18-43(51)44-19-5-10-25-52(44)60/h1-34H. The summed E-state index contributed by atoms with van der Waals surface area (Å²) in [5, 5.41) is 13.3. The average Bonchev–Trinajstić information content (AvgIpc) is 3.82. The minimum Gasteiger partial charge on any atom is -0.309 e. The third kappa shape index (κ3) is 4.85. The summed E-state index contributed by atoms with van der Waals surface area (Å²) in [7, 11) is 0. The van der Waals surface area contributed by atoms with E-state index >= 15 is 0 Å². The van der Waals surface area contributed by atoms with Crippen molar-refractivity contribution in [3.63, 3.8) is 0 Å². The van der Waals surface area contributed by atoms with E-state index in [0.717, 1.165) is 44.4 Å². The van der Waals surface area contributed by atoms with Crippen molar-refractivity contribution in [2.75, 3.05) is 0 Å². The molecular formula is C56H34N4. The van der Waals surface area contributed by atoms with Gasteiger partial charge in [-0.15, -0.1) is 0 Å². The van der Waals surface area contributed by atoms with E-state index in [1.165, 1.54) is 70.6 Å². The summed E-state index contributed by atoms with van der Waals surface area (Å²) in [4.78, 5) is 10.5. The molecule has 278 valence electrons. The minimum atomic E-state index is 0.700. The summed E-state index contributed by atoms with van der Waals surface area (Å²) in [5.74, 6) is 0.700. The van der Waals surface area contributed by atoms with Gasteiger partial charge < -0.3 is 9.13 Å². The Morgan fingerprint density at radius 2 is 0.900 bits per heavy atom. The molecule has 60 heavy (non-hydrogen) atoms. The van der Waals surface area contributed by atoms with Crippen LogP contribution in [0.3, 0.4) is 0 Å². The number of rotatable bonds is 4. The third-order valence-corrected chi connectivity index (χ3v) is 12.5. The zero-order chi connectivity index (χ0) is 39.3. The highest BCUT2D eigenvalue weighted by atomic mass is 15.0. The number of hydrogen-bond donors (Lipinski definition) is 0. The van der Waals surface area contributed by atoms with Crippen LogP contribution in [0.25, 0.3) is 121 Å². The molecular weight excluding hydrogens is 729 g/mol. The van der Waals surface area contributed by atoms with Crippen molar-refractivity contribution in [3.05, 3.63) is 206 Å². The average molecular weight is 763 g/mol. The van der Waals surface area contributed by atoms with Gasteiger partial charge in [0.15, 0.2) is 5.82 Å². The highest BCUT2D eigenvalue weighted by Crippen LogP contribution is 2.40. The molecule has 0 aliphatic heterocycles. The molecule has 4 nitrogen and oxygen atoms in total. The lowest BCUT2D eigenvalue weighted by Crippen LogP contribution is -1.98. The van der Waals surface area contributed by atoms with Crippen LogP contribution in [0, 0.1) is 0 Å². The number of fused-ring (bicyclic) bond motifs is 11. The Hall–Kier alpha value is -8.08. The topological polar surface area (TPSA) is 35.6 Å². The fourth-order valence-corrected chi connectivity index (χ4v) is 9.75. The molecule has 0 unspecified atom stereocenters. The molecule has 13 aromatic rings. The third-order valence-electron chi connectivity index (χ3n) is 12.5. The van der Waals surface area contributed by atoms with Gasteiger partial charge in [0.2, 0.25) is 0 Å². The Bertz CT molecular complexity index is 3850. The summed E-state index contributed by atoms with van der Waals surface area (Å²) in [6, 6.07) is 74.4. The molecule has 10 aromatic carbocycles. The van der Waals surface area contributed by atoms with Gasteiger partial charge >= 0.3 is 0 Å². The molecule has 0 atom stereocenters. The Kier molecular flexibility index (Phi) is 6.98. The molecule has 0 aliphatic carbocycles. The van der Waals surface area contributed by atoms with E-state index in [1.54, 1.807) is 0 Å². The van der Waals surface area contributed by atoms with Gasteiger partial charge in [-0.2, -0.15) is 0 Å². The quantitative estimate of drug-likeness (QED) is 0.167. The van der Waals surface area contributed by atoms with Gasteiger partial charge in [0.1, 0.15) is 0 Å². The molecule has 4 heteroatoms. The maximum Gasteiger partial charge on any atom is 0.160 e. The van der Waals surface area contributed by atoms with E-state index in [2.05, 4.69) is 215 Å². The first-order chi connectivity index (χ1) is 29.7. The molecule has 0 fully saturated rings. The van der Waals surface area contributed by atoms with Gasteiger partial charge in [0.25, 0.3) is 0 Å². The first kappa shape index (κ1) is 32.9. The summed E-state index contributed by atoms with van der Waals surface area (Å²) < 4.78 is 4.83. The van der Waals surface area contributed by atoms with Crippen LogP contribution in [-0.2, 0) is 0 Å². The number of para-hydroxylation sites is 4. The highest BCUT2D eigenvalue weighted by molar-refractivity contribution is 6.16. The number of nitrogens with zero attached hydrogens (tertiary/aromatic N) is 4. The predicted molar refractivity (Wildman–Crippen MR) is 252 cm³/mol. The summed E-state index contributed by atoms with van der Waals surface area (Å²) in [6.45, 7) is 0. The summed E-state index contributed by atoms with van der Waals surface area (Å²) in [5.41, 5.74) is 10.9. The first-order valence-corrected chi connectivity index (χ1v) is 20.5. The lowest BCUT2D eigenvalue weighted by atomic mass is 9.98. The second kappa shape index (κ2) is 12.7. The van der Waals surface area contributed by atoms with Crippen molar-refractivity contribution in [3.8, 4) is 34.0 Å². The maximum absolute atomic E-state index is 5.35. The van der Waals surface area contributed by atoms with E-state index in [9.17, 15) is 0 Å². The molecule has 0 spiro atoms. The number of benzene rings is 10. The smallest absolute Gasteiger partial charge is 0.160 e. The lowest BCUT2D eigenvalue weighted by molar-refractivity contribution is 1.17. The zero-order valence-electron chi connectivity index (χ0n) is 32.4. The van der Waals surface area contributed by atoms with Gasteiger partial charge in [-0.3, -0.25) is 0 Å². The van der Waals surface area contributed by atoms with Crippen molar-refractivity contribution in [1.29, 1.82) is 0 Å². The van der Waals surface area contributed by atoms with Crippen molar-refractivity contribution in [2.24, 2.45) is 0 Å². The molecule has 0 saturated heterocycles. The van der Waals surface area contributed by atoms with Crippen molar-refractivity contribution < 1.29 is 0 Å². The molecule has 3 aromatic heterocycles. The minimum absolute atomic E-state index is 0.700. The van der Waals surface area contributed by atoms with Crippen LogP contribution in [0.4, 0.5) is 0 Å². The van der Waals surface area contributed by atoms with Crippen LogP contribution in [0.15, 0.2) is 206 Å². The molecule has 0 saturated carbocycles. The van der Waals surface area contributed by atoms with Crippen molar-refractivity contribution in [1.82, 2.24) is 19.1 Å². The molecule has 0 aliphatic rings. The summed E-state index contributed by atoms with van der Waals surface area (Å²) in [6.07, 6.45) is 0. The van der Waals surface area contributed by atoms with E-state index in [4.69, 9.17) is 9.97 Å². The maximum atomic E-state index is 5.35. The molecule has 0 N–H and O–H groups in total. The Morgan fingerprint density at radius 1 is 0.300 bits per heavy atom. The Balaban J connectivity index is 0.992. The van der Waals surface area contributed by atoms with Crippen LogP contribution in [0.1, 0.15) is 0 Å². The van der Waals surface area contributed by atoms with Gasteiger partial charge in [-0.25, -0.2) is 9.97 Å². The fourth-order valence-electron chi connectivity index (χ4n) is 9.75. The normalized spacial score (nSPS) is 12.0. The van der Waals surface area contributed by atoms with Crippen LogP contribution < -0.4 is 0 Å². The fraction of sp³-hybridized carbons (Fsp3) is 0. The number of aromatic nitrogens is 4. The van der Waals surface area contributed by atoms with Crippen LogP contribution in [0.2, 0.25) is 0 Å².